The molecule has 0 atom stereocenters. The molecular weight excluding hydrogens is 412 g/mol. The van der Waals surface area contributed by atoms with E-state index in [0.717, 1.165) is 11.1 Å². The van der Waals surface area contributed by atoms with Crippen LogP contribution in [0.5, 0.6) is 5.75 Å². The van der Waals surface area contributed by atoms with E-state index in [2.05, 4.69) is 24.0 Å². The fourth-order valence-electron chi connectivity index (χ4n) is 3.42. The van der Waals surface area contributed by atoms with Crippen molar-refractivity contribution in [1.82, 2.24) is 14.6 Å². The maximum Gasteiger partial charge on any atom is 0.268 e. The van der Waals surface area contributed by atoms with Crippen molar-refractivity contribution in [3.63, 3.8) is 0 Å². The number of benzene rings is 2. The van der Waals surface area contributed by atoms with Crippen molar-refractivity contribution in [1.29, 1.82) is 0 Å². The zero-order valence-corrected chi connectivity index (χ0v) is 18.5. The molecule has 0 N–H and O–H groups in total. The summed E-state index contributed by atoms with van der Waals surface area (Å²) in [6.45, 7) is 4.35. The maximum atomic E-state index is 13.8. The van der Waals surface area contributed by atoms with Gasteiger partial charge in [-0.2, -0.15) is 0 Å². The number of sulfonamides is 1. The Morgan fingerprint density at radius 2 is 1.84 bits per heavy atom. The SMILES string of the molecule is COc1cccc(CN(c2ccc(C(C)C)cc2)S(=O)(=O)c2cccn3cnnc23)c1. The highest BCUT2D eigenvalue weighted by Gasteiger charge is 2.28. The van der Waals surface area contributed by atoms with Crippen molar-refractivity contribution in [2.24, 2.45) is 0 Å². The third-order valence-corrected chi connectivity index (χ3v) is 6.96. The van der Waals surface area contributed by atoms with Gasteiger partial charge in [-0.25, -0.2) is 8.42 Å². The van der Waals surface area contributed by atoms with Gasteiger partial charge in [-0.1, -0.05) is 38.1 Å². The molecule has 0 radical (unpaired) electrons. The Balaban J connectivity index is 1.83. The third-order valence-electron chi connectivity index (χ3n) is 5.16. The van der Waals surface area contributed by atoms with Gasteiger partial charge in [-0.05, 0) is 53.4 Å². The van der Waals surface area contributed by atoms with Gasteiger partial charge in [0.2, 0.25) is 0 Å². The van der Waals surface area contributed by atoms with Crippen LogP contribution in [0.3, 0.4) is 0 Å². The van der Waals surface area contributed by atoms with Gasteiger partial charge in [-0.15, -0.1) is 10.2 Å². The molecule has 31 heavy (non-hydrogen) atoms. The van der Waals surface area contributed by atoms with E-state index < -0.39 is 10.0 Å². The first-order valence-electron chi connectivity index (χ1n) is 9.94. The lowest BCUT2D eigenvalue weighted by Gasteiger charge is -2.25. The first-order chi connectivity index (χ1) is 14.9. The molecule has 0 aliphatic heterocycles. The number of hydrogen-bond donors (Lipinski definition) is 0. The van der Waals surface area contributed by atoms with Gasteiger partial charge in [0, 0.05) is 6.20 Å². The second-order valence-electron chi connectivity index (χ2n) is 7.54. The van der Waals surface area contributed by atoms with E-state index in [1.807, 2.05) is 48.5 Å². The number of rotatable bonds is 7. The van der Waals surface area contributed by atoms with Crippen molar-refractivity contribution < 1.29 is 13.2 Å². The minimum Gasteiger partial charge on any atom is -0.497 e. The number of pyridine rings is 1. The van der Waals surface area contributed by atoms with E-state index in [1.54, 1.807) is 29.8 Å². The molecule has 0 saturated heterocycles. The van der Waals surface area contributed by atoms with Crippen molar-refractivity contribution >= 4 is 21.4 Å². The largest absolute Gasteiger partial charge is 0.497 e. The molecule has 2 aromatic carbocycles. The summed E-state index contributed by atoms with van der Waals surface area (Å²) in [6.07, 6.45) is 3.20. The Hall–Kier alpha value is -3.39. The number of hydrogen-bond acceptors (Lipinski definition) is 5. The Labute approximate surface area is 182 Å². The van der Waals surface area contributed by atoms with Crippen molar-refractivity contribution in [3.05, 3.63) is 84.3 Å². The fourth-order valence-corrected chi connectivity index (χ4v) is 5.01. The van der Waals surface area contributed by atoms with Crippen molar-refractivity contribution in [2.45, 2.75) is 31.2 Å². The van der Waals surface area contributed by atoms with Crippen LogP contribution < -0.4 is 9.04 Å². The van der Waals surface area contributed by atoms with Crippen LogP contribution >= 0.6 is 0 Å². The van der Waals surface area contributed by atoms with Crippen molar-refractivity contribution in [3.8, 4) is 5.75 Å². The number of methoxy groups -OCH3 is 1. The molecule has 0 unspecified atom stereocenters. The highest BCUT2D eigenvalue weighted by Crippen LogP contribution is 2.29. The summed E-state index contributed by atoms with van der Waals surface area (Å²) in [5.41, 5.74) is 2.82. The Morgan fingerprint density at radius 3 is 2.55 bits per heavy atom. The summed E-state index contributed by atoms with van der Waals surface area (Å²) in [5.74, 6) is 1.02. The molecule has 0 aliphatic rings. The van der Waals surface area contributed by atoms with Gasteiger partial charge in [0.25, 0.3) is 10.0 Å². The second kappa shape index (κ2) is 8.39. The van der Waals surface area contributed by atoms with E-state index in [-0.39, 0.29) is 17.1 Å². The highest BCUT2D eigenvalue weighted by molar-refractivity contribution is 7.93. The molecule has 4 rings (SSSR count). The van der Waals surface area contributed by atoms with Crippen LogP contribution in [-0.2, 0) is 16.6 Å². The molecule has 0 bridgehead atoms. The van der Waals surface area contributed by atoms with Gasteiger partial charge in [0.05, 0.1) is 19.3 Å². The minimum atomic E-state index is -3.93. The van der Waals surface area contributed by atoms with Crippen LogP contribution in [-0.4, -0.2) is 30.1 Å². The van der Waals surface area contributed by atoms with Gasteiger partial charge >= 0.3 is 0 Å². The smallest absolute Gasteiger partial charge is 0.268 e. The zero-order chi connectivity index (χ0) is 22.0. The summed E-state index contributed by atoms with van der Waals surface area (Å²) < 4.78 is 36.0. The first-order valence-corrected chi connectivity index (χ1v) is 11.4. The summed E-state index contributed by atoms with van der Waals surface area (Å²) in [5, 5.41) is 7.88. The van der Waals surface area contributed by atoms with E-state index in [0.29, 0.717) is 17.4 Å². The van der Waals surface area contributed by atoms with Crippen LogP contribution in [0.25, 0.3) is 5.65 Å². The van der Waals surface area contributed by atoms with E-state index >= 15 is 0 Å². The molecule has 0 aliphatic carbocycles. The predicted molar refractivity (Wildman–Crippen MR) is 120 cm³/mol. The molecule has 7 nitrogen and oxygen atoms in total. The molecule has 160 valence electrons. The maximum absolute atomic E-state index is 13.8. The summed E-state index contributed by atoms with van der Waals surface area (Å²) in [4.78, 5) is 0.100. The average Bonchev–Trinajstić information content (AvgIpc) is 3.26. The molecule has 4 aromatic rings. The van der Waals surface area contributed by atoms with Gasteiger partial charge in [0.1, 0.15) is 17.0 Å². The molecule has 2 heterocycles. The van der Waals surface area contributed by atoms with E-state index in [1.165, 1.54) is 10.6 Å². The minimum absolute atomic E-state index is 0.100. The molecule has 2 aromatic heterocycles. The lowest BCUT2D eigenvalue weighted by molar-refractivity contribution is 0.414. The van der Waals surface area contributed by atoms with Gasteiger partial charge < -0.3 is 4.74 Å². The molecule has 0 saturated carbocycles. The molecule has 0 fully saturated rings. The zero-order valence-electron chi connectivity index (χ0n) is 17.6. The third kappa shape index (κ3) is 4.11. The first kappa shape index (κ1) is 20.9. The Morgan fingerprint density at radius 1 is 1.06 bits per heavy atom. The standard InChI is InChI=1S/C23H24N4O3S/c1-17(2)19-9-11-20(12-10-19)27(15-18-6-4-7-21(14-18)30-3)31(28,29)22-8-5-13-26-16-24-25-23(22)26/h4-14,16-17H,15H2,1-3H3. The van der Waals surface area contributed by atoms with Crippen LogP contribution in [0.1, 0.15) is 30.9 Å². The van der Waals surface area contributed by atoms with Crippen LogP contribution in [0, 0.1) is 0 Å². The average molecular weight is 437 g/mol. The topological polar surface area (TPSA) is 76.8 Å². The van der Waals surface area contributed by atoms with E-state index in [9.17, 15) is 8.42 Å². The lowest BCUT2D eigenvalue weighted by atomic mass is 10.0. The predicted octanol–water partition coefficient (Wildman–Crippen LogP) is 4.26. The number of aromatic nitrogens is 3. The lowest BCUT2D eigenvalue weighted by Crippen LogP contribution is -2.31. The summed E-state index contributed by atoms with van der Waals surface area (Å²) >= 11 is 0. The van der Waals surface area contributed by atoms with Crippen molar-refractivity contribution in [2.75, 3.05) is 11.4 Å². The summed E-state index contributed by atoms with van der Waals surface area (Å²) in [6, 6.07) is 18.2. The Bertz CT molecular complexity index is 1300. The molecular formula is C23H24N4O3S. The van der Waals surface area contributed by atoms with Crippen LogP contribution in [0.4, 0.5) is 5.69 Å². The monoisotopic (exact) mass is 436 g/mol. The number of anilines is 1. The van der Waals surface area contributed by atoms with Crippen LogP contribution in [0.15, 0.2) is 78.1 Å². The van der Waals surface area contributed by atoms with Gasteiger partial charge in [0.15, 0.2) is 5.65 Å². The number of fused-ring (bicyclic) bond motifs is 1. The Kier molecular flexibility index (Phi) is 5.65. The van der Waals surface area contributed by atoms with Gasteiger partial charge in [-0.3, -0.25) is 8.71 Å². The van der Waals surface area contributed by atoms with E-state index in [4.69, 9.17) is 4.74 Å². The number of nitrogens with zero attached hydrogens (tertiary/aromatic N) is 4. The number of ether oxygens (including phenoxy) is 1. The van der Waals surface area contributed by atoms with Crippen LogP contribution in [0.2, 0.25) is 0 Å². The fraction of sp³-hybridized carbons (Fsp3) is 0.217. The normalized spacial score (nSPS) is 11.7. The molecule has 8 heteroatoms. The highest BCUT2D eigenvalue weighted by atomic mass is 32.2. The molecule has 0 spiro atoms. The molecule has 0 amide bonds. The second-order valence-corrected chi connectivity index (χ2v) is 9.37. The quantitative estimate of drug-likeness (QED) is 0.433. The summed E-state index contributed by atoms with van der Waals surface area (Å²) in [7, 11) is -2.34.